The lowest BCUT2D eigenvalue weighted by Crippen LogP contribution is -2.63. The smallest absolute Gasteiger partial charge is 0.337 e. The van der Waals surface area contributed by atoms with Crippen LogP contribution in [0.25, 0.3) is 0 Å². The van der Waals surface area contributed by atoms with Crippen LogP contribution in [0.4, 0.5) is 74.6 Å². The van der Waals surface area contributed by atoms with Crippen LogP contribution in [0.3, 0.4) is 0 Å². The Bertz CT molecular complexity index is 556. The number of hydrogen-bond acceptors (Lipinski definition) is 2. The van der Waals surface area contributed by atoms with Crippen LogP contribution < -0.4 is 0 Å². The number of halogens is 17. The molecule has 0 N–H and O–H groups in total. The molecule has 184 valence electrons. The number of alkyl halides is 17. The zero-order valence-electron chi connectivity index (χ0n) is 14.2. The van der Waals surface area contributed by atoms with Gasteiger partial charge in [-0.1, -0.05) is 0 Å². The first kappa shape index (κ1) is 30.9. The molecule has 0 amide bonds. The monoisotopic (exact) mass is 496 g/mol. The van der Waals surface area contributed by atoms with Gasteiger partial charge in [-0.3, -0.25) is 0 Å². The van der Waals surface area contributed by atoms with Crippen LogP contribution in [0, 0.1) is 0 Å². The Morgan fingerprint density at radius 1 is 0.433 bits per heavy atom. The van der Waals surface area contributed by atoms with Crippen molar-refractivity contribution in [3.63, 3.8) is 0 Å². The third kappa shape index (κ3) is 5.13. The van der Waals surface area contributed by atoms with E-state index in [1.807, 2.05) is 0 Å². The van der Waals surface area contributed by atoms with Gasteiger partial charge in [0.2, 0.25) is 0 Å². The summed E-state index contributed by atoms with van der Waals surface area (Å²) in [5.74, 6) is -30.6. The molecule has 0 saturated carbocycles. The van der Waals surface area contributed by atoms with Crippen molar-refractivity contribution < 1.29 is 84.1 Å². The maximum Gasteiger partial charge on any atom is 0.459 e. The molecule has 0 aromatic heterocycles. The molecule has 0 bridgehead atoms. The van der Waals surface area contributed by atoms with Gasteiger partial charge >= 0.3 is 48.0 Å². The zero-order chi connectivity index (χ0) is 25.4. The molecule has 30 heavy (non-hydrogen) atoms. The highest BCUT2D eigenvalue weighted by atomic mass is 19.4. The highest BCUT2D eigenvalue weighted by molar-refractivity contribution is 4.99. The maximum atomic E-state index is 12.5. The summed E-state index contributed by atoms with van der Waals surface area (Å²) in [5, 5.41) is 0. The average Bonchev–Trinajstić information content (AvgIpc) is 2.50. The third-order valence-electron chi connectivity index (χ3n) is 2.97. The zero-order valence-corrected chi connectivity index (χ0v) is 14.2. The molecule has 1 unspecified atom stereocenters. The molecule has 0 rings (SSSR count). The lowest BCUT2D eigenvalue weighted by Gasteiger charge is -2.34. The first-order valence-corrected chi connectivity index (χ1v) is 6.44. The number of rotatable bonds is 6. The van der Waals surface area contributed by atoms with E-state index in [0.29, 0.717) is 0 Å². The second kappa shape index (κ2) is 8.34. The minimum Gasteiger partial charge on any atom is -0.337 e. The SMILES string of the molecule is COC(F)(C(F)(F)F)C(F)(F)C(F)(F)F.COC(F)(F)C(F)(F)C(F)(F)C(C)(F)F. The van der Waals surface area contributed by atoms with Crippen molar-refractivity contribution in [3.8, 4) is 0 Å². The summed E-state index contributed by atoms with van der Waals surface area (Å²) in [6.45, 7) is -0.591. The molecule has 0 fully saturated rings. The fourth-order valence-electron chi connectivity index (χ4n) is 1.19. The lowest BCUT2D eigenvalue weighted by atomic mass is 10.1. The minimum absolute atomic E-state index is 0.00219. The Kier molecular flexibility index (Phi) is 8.60. The topological polar surface area (TPSA) is 18.5 Å². The largest absolute Gasteiger partial charge is 0.459 e. The van der Waals surface area contributed by atoms with Crippen molar-refractivity contribution in [1.29, 1.82) is 0 Å². The molecular formula is C11H9F17O2. The van der Waals surface area contributed by atoms with Gasteiger partial charge in [0.05, 0.1) is 0 Å². The van der Waals surface area contributed by atoms with E-state index < -0.39 is 54.9 Å². The van der Waals surface area contributed by atoms with E-state index in [2.05, 4.69) is 9.47 Å². The van der Waals surface area contributed by atoms with Gasteiger partial charge in [-0.15, -0.1) is 0 Å². The summed E-state index contributed by atoms with van der Waals surface area (Å²) in [6.07, 6.45) is -18.9. The van der Waals surface area contributed by atoms with Gasteiger partial charge in [0, 0.05) is 21.1 Å². The van der Waals surface area contributed by atoms with E-state index in [1.54, 1.807) is 0 Å². The predicted octanol–water partition coefficient (Wildman–Crippen LogP) is 6.21. The van der Waals surface area contributed by atoms with Crippen molar-refractivity contribution in [3.05, 3.63) is 0 Å². The van der Waals surface area contributed by atoms with Crippen LogP contribution >= 0.6 is 0 Å². The molecule has 0 saturated heterocycles. The fraction of sp³-hybridized carbons (Fsp3) is 1.00. The molecule has 0 aliphatic heterocycles. The van der Waals surface area contributed by atoms with Crippen molar-refractivity contribution >= 4 is 0 Å². The summed E-state index contributed by atoms with van der Waals surface area (Å²) < 4.78 is 209. The normalized spacial score (nSPS) is 17.2. The Balaban J connectivity index is 0. The maximum absolute atomic E-state index is 12.5. The van der Waals surface area contributed by atoms with E-state index in [1.165, 1.54) is 0 Å². The van der Waals surface area contributed by atoms with Gasteiger partial charge in [0.1, 0.15) is 0 Å². The molecule has 19 heteroatoms. The van der Waals surface area contributed by atoms with Crippen LogP contribution in [0.15, 0.2) is 0 Å². The van der Waals surface area contributed by atoms with Crippen molar-refractivity contribution in [2.45, 2.75) is 54.9 Å². The first-order valence-electron chi connectivity index (χ1n) is 6.44. The molecule has 0 radical (unpaired) electrons. The average molecular weight is 496 g/mol. The molecule has 0 heterocycles. The highest BCUT2D eigenvalue weighted by Crippen LogP contribution is 2.53. The van der Waals surface area contributed by atoms with E-state index in [4.69, 9.17) is 0 Å². The van der Waals surface area contributed by atoms with Gasteiger partial charge in [-0.2, -0.15) is 74.6 Å². The molecule has 1 atom stereocenters. The molecule has 0 spiro atoms. The second-order valence-electron chi connectivity index (χ2n) is 5.13. The van der Waals surface area contributed by atoms with Gasteiger partial charge in [-0.25, -0.2) is 0 Å². The highest BCUT2D eigenvalue weighted by Gasteiger charge is 2.82. The first-order chi connectivity index (χ1) is 12.6. The van der Waals surface area contributed by atoms with Gasteiger partial charge in [0.15, 0.2) is 0 Å². The molecule has 0 aliphatic rings. The van der Waals surface area contributed by atoms with Crippen molar-refractivity contribution in [2.24, 2.45) is 0 Å². The summed E-state index contributed by atoms with van der Waals surface area (Å²) in [6, 6.07) is 0. The molecule has 0 aliphatic carbocycles. The van der Waals surface area contributed by atoms with Crippen LogP contribution in [0.2, 0.25) is 0 Å². The van der Waals surface area contributed by atoms with Crippen LogP contribution in [-0.4, -0.2) is 62.2 Å². The lowest BCUT2D eigenvalue weighted by molar-refractivity contribution is -0.446. The third-order valence-corrected chi connectivity index (χ3v) is 2.97. The van der Waals surface area contributed by atoms with Crippen LogP contribution in [0.5, 0.6) is 0 Å². The van der Waals surface area contributed by atoms with Crippen molar-refractivity contribution in [1.82, 2.24) is 0 Å². The van der Waals surface area contributed by atoms with E-state index in [9.17, 15) is 74.6 Å². The molecule has 2 nitrogen and oxygen atoms in total. The fourth-order valence-corrected chi connectivity index (χ4v) is 1.19. The number of hydrogen-bond donors (Lipinski definition) is 0. The Hall–Kier alpha value is -1.27. The standard InChI is InChI=1S/C6H6F8O.C5H3F9O/c1-3(7,8)4(9,10)5(11,12)6(13,14)15-2;1-15-3(8,5(12,13)14)2(6,7)4(9,10)11/h1-2H3;1H3. The van der Waals surface area contributed by atoms with E-state index in [-0.39, 0.29) is 14.2 Å². The quantitative estimate of drug-likeness (QED) is 0.408. The Labute approximate surface area is 154 Å². The molecular weight excluding hydrogens is 487 g/mol. The summed E-state index contributed by atoms with van der Waals surface area (Å²) in [4.78, 5) is 0. The minimum atomic E-state index is -6.72. The van der Waals surface area contributed by atoms with Crippen LogP contribution in [-0.2, 0) is 9.47 Å². The molecule has 0 aromatic carbocycles. The Morgan fingerprint density at radius 3 is 0.900 bits per heavy atom. The number of methoxy groups -OCH3 is 2. The number of ether oxygens (including phenoxy) is 2. The van der Waals surface area contributed by atoms with Gasteiger partial charge in [-0.05, 0) is 0 Å². The second-order valence-corrected chi connectivity index (χ2v) is 5.13. The van der Waals surface area contributed by atoms with E-state index in [0.717, 1.165) is 0 Å². The predicted molar refractivity (Wildman–Crippen MR) is 60.4 cm³/mol. The summed E-state index contributed by atoms with van der Waals surface area (Å²) in [5.41, 5.74) is 0. The van der Waals surface area contributed by atoms with Gasteiger partial charge < -0.3 is 9.47 Å². The Morgan fingerprint density at radius 2 is 0.767 bits per heavy atom. The molecule has 0 aromatic rings. The van der Waals surface area contributed by atoms with E-state index >= 15 is 0 Å². The van der Waals surface area contributed by atoms with Crippen LogP contribution in [0.1, 0.15) is 6.92 Å². The van der Waals surface area contributed by atoms with Crippen molar-refractivity contribution in [2.75, 3.05) is 14.2 Å². The van der Waals surface area contributed by atoms with Gasteiger partial charge in [0.25, 0.3) is 0 Å². The summed E-state index contributed by atoms with van der Waals surface area (Å²) >= 11 is 0. The summed E-state index contributed by atoms with van der Waals surface area (Å²) in [7, 11) is -0.245.